The van der Waals surface area contributed by atoms with Crippen molar-refractivity contribution in [3.05, 3.63) is 64.8 Å². The maximum Gasteiger partial charge on any atom is 0.279 e. The van der Waals surface area contributed by atoms with E-state index >= 15 is 0 Å². The number of fused-ring (bicyclic) bond motifs is 1. The van der Waals surface area contributed by atoms with Crippen LogP contribution in [0.15, 0.2) is 48.5 Å². The molecule has 0 radical (unpaired) electrons. The highest BCUT2D eigenvalue weighted by Crippen LogP contribution is 2.40. The smallest absolute Gasteiger partial charge is 0.279 e. The molecule has 9 heteroatoms. The summed E-state index contributed by atoms with van der Waals surface area (Å²) in [5.41, 5.74) is 5.81. The maximum absolute atomic E-state index is 13.1. The molecule has 30 heavy (non-hydrogen) atoms. The number of hydrogen-bond acceptors (Lipinski definition) is 6. The number of benzene rings is 2. The molecule has 3 aromatic rings. The van der Waals surface area contributed by atoms with Crippen molar-refractivity contribution >= 4 is 23.2 Å². The van der Waals surface area contributed by atoms with Crippen molar-refractivity contribution < 1.29 is 28.2 Å². The van der Waals surface area contributed by atoms with E-state index in [9.17, 15) is 14.0 Å². The average molecular weight is 428 g/mol. The third kappa shape index (κ3) is 4.06. The van der Waals surface area contributed by atoms with E-state index in [2.05, 4.69) is 10.9 Å². The summed E-state index contributed by atoms with van der Waals surface area (Å²) in [6.45, 7) is 0.762. The fraction of sp³-hybridized carbons (Fsp3) is 0.143. The van der Waals surface area contributed by atoms with Crippen molar-refractivity contribution in [2.45, 2.75) is 0 Å². The van der Waals surface area contributed by atoms with E-state index in [4.69, 9.17) is 14.2 Å². The molecule has 2 N–H and O–H groups in total. The van der Waals surface area contributed by atoms with Crippen LogP contribution in [0.5, 0.6) is 17.2 Å². The summed E-state index contributed by atoms with van der Waals surface area (Å²) in [6.07, 6.45) is 0. The zero-order valence-electron chi connectivity index (χ0n) is 15.9. The number of ether oxygens (including phenoxy) is 3. The van der Waals surface area contributed by atoms with Crippen molar-refractivity contribution in [2.75, 3.05) is 20.3 Å². The second-order valence-corrected chi connectivity index (χ2v) is 7.37. The first-order valence-electron chi connectivity index (χ1n) is 8.99. The van der Waals surface area contributed by atoms with Gasteiger partial charge in [0.1, 0.15) is 19.0 Å². The van der Waals surface area contributed by atoms with E-state index in [-0.39, 0.29) is 11.4 Å². The zero-order valence-corrected chi connectivity index (χ0v) is 16.7. The highest BCUT2D eigenvalue weighted by molar-refractivity contribution is 7.17. The van der Waals surface area contributed by atoms with Crippen molar-refractivity contribution in [3.8, 4) is 27.7 Å². The molecule has 0 fully saturated rings. The SMILES string of the molecule is COc1cc(C(=O)NNC(=O)c2ccc(-c3ccc(F)cc3)s2)cc2c1OCCO2. The van der Waals surface area contributed by atoms with Gasteiger partial charge in [-0.1, -0.05) is 12.1 Å². The van der Waals surface area contributed by atoms with Gasteiger partial charge < -0.3 is 14.2 Å². The standard InChI is InChI=1S/C21H17FN2O5S/c1-27-15-10-13(11-16-19(15)29-9-8-28-16)20(25)23-24-21(26)18-7-6-17(30-18)12-2-4-14(22)5-3-12/h2-7,10-11H,8-9H2,1H3,(H,23,25)(H,24,26). The Morgan fingerprint density at radius 1 is 1.00 bits per heavy atom. The molecule has 0 unspecified atom stereocenters. The van der Waals surface area contributed by atoms with Gasteiger partial charge in [-0.15, -0.1) is 11.3 Å². The maximum atomic E-state index is 13.1. The number of rotatable bonds is 4. The van der Waals surface area contributed by atoms with Crippen LogP contribution in [0.3, 0.4) is 0 Å². The Bertz CT molecular complexity index is 1080. The topological polar surface area (TPSA) is 85.9 Å². The van der Waals surface area contributed by atoms with Gasteiger partial charge in [0.15, 0.2) is 11.5 Å². The Kier molecular flexibility index (Phi) is 5.53. The summed E-state index contributed by atoms with van der Waals surface area (Å²) in [6, 6.07) is 12.4. The lowest BCUT2D eigenvalue weighted by molar-refractivity contribution is 0.0848. The van der Waals surface area contributed by atoms with Crippen LogP contribution in [0, 0.1) is 5.82 Å². The lowest BCUT2D eigenvalue weighted by Gasteiger charge is -2.21. The molecule has 1 aliphatic heterocycles. The minimum Gasteiger partial charge on any atom is -0.493 e. The van der Waals surface area contributed by atoms with Gasteiger partial charge in [-0.2, -0.15) is 0 Å². The average Bonchev–Trinajstić information content (AvgIpc) is 3.27. The van der Waals surface area contributed by atoms with E-state index in [1.54, 1.807) is 24.3 Å². The van der Waals surface area contributed by atoms with Crippen LogP contribution >= 0.6 is 11.3 Å². The third-order valence-electron chi connectivity index (χ3n) is 4.34. The number of amides is 2. The summed E-state index contributed by atoms with van der Waals surface area (Å²) >= 11 is 1.23. The molecule has 0 atom stereocenters. The number of carbonyl (C=O) groups is 2. The van der Waals surface area contributed by atoms with Crippen molar-refractivity contribution in [1.82, 2.24) is 10.9 Å². The normalized spacial score (nSPS) is 12.2. The summed E-state index contributed by atoms with van der Waals surface area (Å²) in [5.74, 6) is -0.117. The summed E-state index contributed by atoms with van der Waals surface area (Å²) < 4.78 is 29.3. The van der Waals surface area contributed by atoms with Gasteiger partial charge in [-0.3, -0.25) is 20.4 Å². The molecule has 2 amide bonds. The monoisotopic (exact) mass is 428 g/mol. The highest BCUT2D eigenvalue weighted by atomic mass is 32.1. The Labute approximate surface area is 175 Å². The predicted molar refractivity (Wildman–Crippen MR) is 109 cm³/mol. The number of nitrogens with one attached hydrogen (secondary N) is 2. The van der Waals surface area contributed by atoms with Crippen LogP contribution < -0.4 is 25.1 Å². The molecule has 0 saturated heterocycles. The Morgan fingerprint density at radius 2 is 1.73 bits per heavy atom. The molecule has 0 saturated carbocycles. The van der Waals surface area contributed by atoms with Gasteiger partial charge in [-0.05, 0) is 42.0 Å². The molecule has 0 bridgehead atoms. The van der Waals surface area contributed by atoms with Gasteiger partial charge in [0, 0.05) is 10.4 Å². The van der Waals surface area contributed by atoms with Gasteiger partial charge >= 0.3 is 0 Å². The molecule has 0 aliphatic carbocycles. The largest absolute Gasteiger partial charge is 0.493 e. The van der Waals surface area contributed by atoms with Crippen LogP contribution in [0.25, 0.3) is 10.4 Å². The molecular formula is C21H17FN2O5S. The molecular weight excluding hydrogens is 411 g/mol. The van der Waals surface area contributed by atoms with E-state index in [1.165, 1.54) is 42.7 Å². The quantitative estimate of drug-likeness (QED) is 0.622. The number of hydrogen-bond donors (Lipinski definition) is 2. The van der Waals surface area contributed by atoms with Crippen molar-refractivity contribution in [3.63, 3.8) is 0 Å². The molecule has 1 aliphatic rings. The molecule has 1 aromatic heterocycles. The number of hydrazine groups is 1. The van der Waals surface area contributed by atoms with Crippen LogP contribution in [0.1, 0.15) is 20.0 Å². The second kappa shape index (κ2) is 8.42. The van der Waals surface area contributed by atoms with E-state index < -0.39 is 11.8 Å². The van der Waals surface area contributed by atoms with Crippen LogP contribution in [0.2, 0.25) is 0 Å². The van der Waals surface area contributed by atoms with Gasteiger partial charge in [0.05, 0.1) is 12.0 Å². The number of thiophene rings is 1. The number of halogens is 1. The first kappa shape index (κ1) is 19.7. The first-order valence-corrected chi connectivity index (χ1v) is 9.81. The predicted octanol–water partition coefficient (Wildman–Crippen LogP) is 3.41. The summed E-state index contributed by atoms with van der Waals surface area (Å²) in [5, 5.41) is 0. The molecule has 2 heterocycles. The Hall–Kier alpha value is -3.59. The molecule has 7 nitrogen and oxygen atoms in total. The lowest BCUT2D eigenvalue weighted by Crippen LogP contribution is -2.41. The van der Waals surface area contributed by atoms with Crippen molar-refractivity contribution in [2.24, 2.45) is 0 Å². The molecule has 2 aromatic carbocycles. The molecule has 0 spiro atoms. The second-order valence-electron chi connectivity index (χ2n) is 6.28. The summed E-state index contributed by atoms with van der Waals surface area (Å²) in [7, 11) is 1.46. The van der Waals surface area contributed by atoms with Crippen LogP contribution in [-0.4, -0.2) is 32.1 Å². The highest BCUT2D eigenvalue weighted by Gasteiger charge is 2.21. The lowest BCUT2D eigenvalue weighted by atomic mass is 10.1. The molecule has 4 rings (SSSR count). The van der Waals surface area contributed by atoms with E-state index in [0.29, 0.717) is 35.3 Å². The van der Waals surface area contributed by atoms with Gasteiger partial charge in [0.25, 0.3) is 11.8 Å². The van der Waals surface area contributed by atoms with Gasteiger partial charge in [-0.25, -0.2) is 4.39 Å². The van der Waals surface area contributed by atoms with E-state index in [0.717, 1.165) is 10.4 Å². The Morgan fingerprint density at radius 3 is 2.50 bits per heavy atom. The zero-order chi connectivity index (χ0) is 21.1. The van der Waals surface area contributed by atoms with Gasteiger partial charge in [0.2, 0.25) is 5.75 Å². The number of methoxy groups -OCH3 is 1. The molecule has 154 valence electrons. The van der Waals surface area contributed by atoms with Crippen LogP contribution in [0.4, 0.5) is 4.39 Å². The van der Waals surface area contributed by atoms with E-state index in [1.807, 2.05) is 0 Å². The Balaban J connectivity index is 1.43. The number of carbonyl (C=O) groups excluding carboxylic acids is 2. The minimum atomic E-state index is -0.533. The summed E-state index contributed by atoms with van der Waals surface area (Å²) in [4.78, 5) is 26.1. The first-order chi connectivity index (χ1) is 14.5. The third-order valence-corrected chi connectivity index (χ3v) is 5.47. The minimum absolute atomic E-state index is 0.245. The van der Waals surface area contributed by atoms with Crippen LogP contribution in [-0.2, 0) is 0 Å². The van der Waals surface area contributed by atoms with Crippen molar-refractivity contribution in [1.29, 1.82) is 0 Å². The fourth-order valence-electron chi connectivity index (χ4n) is 2.88. The fourth-order valence-corrected chi connectivity index (χ4v) is 3.79.